The normalized spacial score (nSPS) is 11.4. The van der Waals surface area contributed by atoms with Crippen molar-refractivity contribution in [3.63, 3.8) is 0 Å². The molecule has 0 saturated heterocycles. The lowest BCUT2D eigenvalue weighted by Crippen LogP contribution is -2.03. The molecule has 104 valence electrons. The van der Waals surface area contributed by atoms with Gasteiger partial charge in [-0.3, -0.25) is 4.68 Å². The molecule has 0 radical (unpaired) electrons. The van der Waals surface area contributed by atoms with Crippen LogP contribution in [-0.2, 0) is 20.5 Å². The lowest BCUT2D eigenvalue weighted by atomic mass is 10.1. The quantitative estimate of drug-likeness (QED) is 0.793. The van der Waals surface area contributed by atoms with Crippen molar-refractivity contribution in [1.29, 1.82) is 0 Å². The molecule has 4 nitrogen and oxygen atoms in total. The van der Waals surface area contributed by atoms with Gasteiger partial charge in [-0.05, 0) is 25.6 Å². The topological polar surface area (TPSA) is 48.8 Å². The maximum absolute atomic E-state index is 5.63. The van der Waals surface area contributed by atoms with Crippen molar-refractivity contribution in [2.45, 2.75) is 13.3 Å². The molecule has 0 atom stereocenters. The first-order chi connectivity index (χ1) is 9.63. The fraction of sp³-hybridized carbons (Fsp3) is 0.312. The molecule has 3 aromatic rings. The summed E-state index contributed by atoms with van der Waals surface area (Å²) < 4.78 is 4.19. The first-order valence-electron chi connectivity index (χ1n) is 6.91. The van der Waals surface area contributed by atoms with Crippen LogP contribution in [-0.4, -0.2) is 20.9 Å². The summed E-state index contributed by atoms with van der Waals surface area (Å²) in [6, 6.07) is 10.6. The third-order valence-corrected chi connectivity index (χ3v) is 3.99. The molecule has 3 rings (SSSR count). The van der Waals surface area contributed by atoms with Crippen LogP contribution >= 0.6 is 0 Å². The van der Waals surface area contributed by atoms with Crippen molar-refractivity contribution in [1.82, 2.24) is 14.3 Å². The first kappa shape index (κ1) is 12.9. The number of hydrogen-bond donors (Lipinski definition) is 1. The van der Waals surface area contributed by atoms with Crippen LogP contribution in [0.1, 0.15) is 11.4 Å². The Morgan fingerprint density at radius 2 is 1.95 bits per heavy atom. The Morgan fingerprint density at radius 3 is 2.70 bits per heavy atom. The predicted octanol–water partition coefficient (Wildman–Crippen LogP) is 2.39. The van der Waals surface area contributed by atoms with E-state index < -0.39 is 0 Å². The van der Waals surface area contributed by atoms with Crippen LogP contribution in [0.5, 0.6) is 0 Å². The van der Waals surface area contributed by atoms with Crippen LogP contribution in [0.25, 0.3) is 22.2 Å². The number of fused-ring (bicyclic) bond motifs is 1. The summed E-state index contributed by atoms with van der Waals surface area (Å²) in [6.45, 7) is 2.79. The zero-order valence-corrected chi connectivity index (χ0v) is 12.2. The fourth-order valence-corrected chi connectivity index (χ4v) is 2.87. The highest BCUT2D eigenvalue weighted by Crippen LogP contribution is 2.33. The highest BCUT2D eigenvalue weighted by molar-refractivity contribution is 5.97. The zero-order chi connectivity index (χ0) is 14.3. The van der Waals surface area contributed by atoms with Crippen LogP contribution in [0.3, 0.4) is 0 Å². The first-order valence-corrected chi connectivity index (χ1v) is 6.91. The Bertz CT molecular complexity index is 764. The minimum absolute atomic E-state index is 0.630. The summed E-state index contributed by atoms with van der Waals surface area (Å²) in [4.78, 5) is 0. The Labute approximate surface area is 118 Å². The fourth-order valence-electron chi connectivity index (χ4n) is 2.87. The van der Waals surface area contributed by atoms with Crippen molar-refractivity contribution in [2.75, 3.05) is 6.54 Å². The second-order valence-electron chi connectivity index (χ2n) is 5.22. The molecule has 2 aromatic heterocycles. The van der Waals surface area contributed by atoms with E-state index >= 15 is 0 Å². The number of nitrogens with two attached hydrogens (primary N) is 1. The molecule has 0 unspecified atom stereocenters. The molecule has 20 heavy (non-hydrogen) atoms. The van der Waals surface area contributed by atoms with Crippen LogP contribution < -0.4 is 5.73 Å². The summed E-state index contributed by atoms with van der Waals surface area (Å²) in [6.07, 6.45) is 0.817. The third kappa shape index (κ3) is 1.84. The number of nitrogens with zero attached hydrogens (tertiary/aromatic N) is 3. The van der Waals surface area contributed by atoms with Gasteiger partial charge in [0.15, 0.2) is 0 Å². The minimum atomic E-state index is 0.630. The minimum Gasteiger partial charge on any atom is -0.347 e. The maximum atomic E-state index is 5.63. The van der Waals surface area contributed by atoms with Crippen molar-refractivity contribution < 1.29 is 0 Å². The largest absolute Gasteiger partial charge is 0.347 e. The molecule has 0 spiro atoms. The van der Waals surface area contributed by atoms with Crippen molar-refractivity contribution in [3.05, 3.63) is 41.7 Å². The Morgan fingerprint density at radius 1 is 1.20 bits per heavy atom. The molecule has 0 bridgehead atoms. The molecule has 2 heterocycles. The Balaban J connectivity index is 2.27. The molecular formula is C16H20N4. The second kappa shape index (κ2) is 4.80. The number of hydrogen-bond acceptors (Lipinski definition) is 2. The van der Waals surface area contributed by atoms with Crippen molar-refractivity contribution in [2.24, 2.45) is 19.8 Å². The van der Waals surface area contributed by atoms with Crippen molar-refractivity contribution in [3.8, 4) is 11.3 Å². The summed E-state index contributed by atoms with van der Waals surface area (Å²) >= 11 is 0. The molecule has 2 N–H and O–H groups in total. The number of para-hydroxylation sites is 1. The number of aromatic nitrogens is 3. The van der Waals surface area contributed by atoms with Gasteiger partial charge in [-0.15, -0.1) is 0 Å². The average molecular weight is 268 g/mol. The van der Waals surface area contributed by atoms with Gasteiger partial charge in [0.2, 0.25) is 0 Å². The van der Waals surface area contributed by atoms with E-state index in [9.17, 15) is 0 Å². The molecule has 1 aromatic carbocycles. The molecule has 0 saturated carbocycles. The summed E-state index contributed by atoms with van der Waals surface area (Å²) in [5.74, 6) is 0. The van der Waals surface area contributed by atoms with E-state index in [1.807, 2.05) is 11.7 Å². The van der Waals surface area contributed by atoms with E-state index in [2.05, 4.69) is 54.0 Å². The standard InChI is InChI=1S/C16H20N4/c1-11-16(13-6-4-5-7-14(13)19(11)2)15-10-12(8-9-17)18-20(15)3/h4-7,10H,8-9,17H2,1-3H3. The highest BCUT2D eigenvalue weighted by Gasteiger charge is 2.16. The lowest BCUT2D eigenvalue weighted by molar-refractivity contribution is 0.744. The van der Waals surface area contributed by atoms with E-state index in [1.54, 1.807) is 0 Å². The summed E-state index contributed by atoms with van der Waals surface area (Å²) in [5.41, 5.74) is 11.6. The van der Waals surface area contributed by atoms with Gasteiger partial charge in [-0.25, -0.2) is 0 Å². The van der Waals surface area contributed by atoms with E-state index in [0.29, 0.717) is 6.54 Å². The van der Waals surface area contributed by atoms with Gasteiger partial charge in [0.05, 0.1) is 11.4 Å². The zero-order valence-electron chi connectivity index (χ0n) is 12.2. The third-order valence-electron chi connectivity index (χ3n) is 3.99. The van der Waals surface area contributed by atoms with Gasteiger partial charge in [0.1, 0.15) is 0 Å². The number of benzene rings is 1. The SMILES string of the molecule is Cc1c(-c2cc(CCN)nn2C)c2ccccc2n1C. The Hall–Kier alpha value is -2.07. The van der Waals surface area contributed by atoms with Gasteiger partial charge in [-0.1, -0.05) is 18.2 Å². The van der Waals surface area contributed by atoms with Gasteiger partial charge in [0, 0.05) is 42.7 Å². The van der Waals surface area contributed by atoms with Gasteiger partial charge >= 0.3 is 0 Å². The molecule has 4 heteroatoms. The highest BCUT2D eigenvalue weighted by atomic mass is 15.3. The lowest BCUT2D eigenvalue weighted by Gasteiger charge is -2.03. The van der Waals surface area contributed by atoms with Crippen molar-refractivity contribution >= 4 is 10.9 Å². The van der Waals surface area contributed by atoms with E-state index in [4.69, 9.17) is 5.73 Å². The Kier molecular flexibility index (Phi) is 3.10. The number of rotatable bonds is 3. The van der Waals surface area contributed by atoms with E-state index in [1.165, 1.54) is 22.2 Å². The molecule has 0 aliphatic rings. The maximum Gasteiger partial charge on any atom is 0.0706 e. The van der Waals surface area contributed by atoms with Crippen LogP contribution in [0.15, 0.2) is 30.3 Å². The predicted molar refractivity (Wildman–Crippen MR) is 82.6 cm³/mol. The van der Waals surface area contributed by atoms with Gasteiger partial charge in [0.25, 0.3) is 0 Å². The van der Waals surface area contributed by atoms with E-state index in [0.717, 1.165) is 17.8 Å². The van der Waals surface area contributed by atoms with Crippen LogP contribution in [0.2, 0.25) is 0 Å². The molecule has 0 amide bonds. The average Bonchev–Trinajstić information content (AvgIpc) is 2.91. The molecule has 0 aliphatic heterocycles. The second-order valence-corrected chi connectivity index (χ2v) is 5.22. The van der Waals surface area contributed by atoms with Gasteiger partial charge in [-0.2, -0.15) is 5.10 Å². The molecular weight excluding hydrogens is 248 g/mol. The van der Waals surface area contributed by atoms with Crippen LogP contribution in [0.4, 0.5) is 0 Å². The van der Waals surface area contributed by atoms with E-state index in [-0.39, 0.29) is 0 Å². The molecule has 0 fully saturated rings. The summed E-state index contributed by atoms with van der Waals surface area (Å²) in [5, 5.41) is 5.83. The molecule has 0 aliphatic carbocycles. The number of aryl methyl sites for hydroxylation is 2. The monoisotopic (exact) mass is 268 g/mol. The smallest absolute Gasteiger partial charge is 0.0706 e. The van der Waals surface area contributed by atoms with Crippen LogP contribution in [0, 0.1) is 6.92 Å². The van der Waals surface area contributed by atoms with Gasteiger partial charge < -0.3 is 10.3 Å². The summed E-state index contributed by atoms with van der Waals surface area (Å²) in [7, 11) is 4.11.